The number of rotatable bonds is 4. The Hall–Kier alpha value is -2.85. The summed E-state index contributed by atoms with van der Waals surface area (Å²) < 4.78 is 28.0. The number of carbonyl (C=O) groups excluding carboxylic acids is 2. The smallest absolute Gasteiger partial charge is 0.461 e. The van der Waals surface area contributed by atoms with Gasteiger partial charge in [-0.15, -0.1) is 0 Å². The van der Waals surface area contributed by atoms with Crippen LogP contribution in [0.2, 0.25) is 0 Å². The number of pyridine rings is 1. The number of aromatic nitrogens is 1. The second kappa shape index (κ2) is 7.20. The highest BCUT2D eigenvalue weighted by atomic mass is 16.8. The Morgan fingerprint density at radius 3 is 2.72 bits per heavy atom. The quantitative estimate of drug-likeness (QED) is 0.618. The van der Waals surface area contributed by atoms with E-state index >= 15 is 0 Å². The number of methoxy groups -OCH3 is 1. The third-order valence-electron chi connectivity index (χ3n) is 4.89. The fourth-order valence-corrected chi connectivity index (χ4v) is 3.69. The minimum absolute atomic E-state index is 0.471. The molecule has 2 radical (unpaired) electrons. The van der Waals surface area contributed by atoms with Crippen molar-refractivity contribution in [3.63, 3.8) is 0 Å². The summed E-state index contributed by atoms with van der Waals surface area (Å²) in [5, 5.41) is 3.26. The third kappa shape index (κ3) is 3.73. The Morgan fingerprint density at radius 1 is 1.24 bits per heavy atom. The molecule has 2 aliphatic rings. The zero-order valence-electron chi connectivity index (χ0n) is 16.1. The number of amides is 1. The van der Waals surface area contributed by atoms with Crippen molar-refractivity contribution >= 4 is 36.4 Å². The van der Waals surface area contributed by atoms with E-state index in [1.807, 2.05) is 13.8 Å². The van der Waals surface area contributed by atoms with Gasteiger partial charge in [-0.1, -0.05) is 0 Å². The summed E-state index contributed by atoms with van der Waals surface area (Å²) in [4.78, 5) is 27.0. The number of anilines is 1. The second-order valence-corrected chi connectivity index (χ2v) is 7.35. The van der Waals surface area contributed by atoms with E-state index in [0.29, 0.717) is 17.0 Å². The van der Waals surface area contributed by atoms with Crippen LogP contribution in [-0.4, -0.2) is 62.1 Å². The molecule has 150 valence electrons. The van der Waals surface area contributed by atoms with Gasteiger partial charge in [0.15, 0.2) is 11.9 Å². The van der Waals surface area contributed by atoms with E-state index in [1.165, 1.54) is 13.3 Å². The van der Waals surface area contributed by atoms with E-state index in [9.17, 15) is 9.59 Å². The minimum Gasteiger partial charge on any atom is -0.461 e. The van der Waals surface area contributed by atoms with Gasteiger partial charge in [0.2, 0.25) is 20.2 Å². The molecule has 1 aromatic carbocycles. The maximum atomic E-state index is 11.7. The Kier molecular flexibility index (Phi) is 4.83. The molecule has 2 aliphatic heterocycles. The Labute approximate surface area is 168 Å². The molecule has 0 spiro atoms. The molecule has 2 fully saturated rings. The lowest BCUT2D eigenvalue weighted by Gasteiger charge is -2.45. The average molecular weight is 398 g/mol. The largest absolute Gasteiger partial charge is 0.509 e. The van der Waals surface area contributed by atoms with Crippen molar-refractivity contribution in [2.24, 2.45) is 0 Å². The van der Waals surface area contributed by atoms with Crippen LogP contribution in [0.4, 0.5) is 15.3 Å². The molecule has 0 saturated carbocycles. The monoisotopic (exact) mass is 398 g/mol. The first-order valence-electron chi connectivity index (χ1n) is 8.97. The lowest BCUT2D eigenvalue weighted by atomic mass is 9.89. The maximum Gasteiger partial charge on any atom is 0.509 e. The predicted octanol–water partition coefficient (Wildman–Crippen LogP) is 2.37. The van der Waals surface area contributed by atoms with Gasteiger partial charge in [-0.25, -0.2) is 4.79 Å². The molecule has 9 nitrogen and oxygen atoms in total. The van der Waals surface area contributed by atoms with Gasteiger partial charge in [0.05, 0.1) is 23.0 Å². The highest BCUT2D eigenvalue weighted by Crippen LogP contribution is 2.38. The van der Waals surface area contributed by atoms with Crippen molar-refractivity contribution in [1.29, 1.82) is 0 Å². The van der Waals surface area contributed by atoms with Crippen molar-refractivity contribution in [3.05, 3.63) is 30.5 Å². The topological polar surface area (TPSA) is 105 Å². The Morgan fingerprint density at radius 2 is 2.00 bits per heavy atom. The van der Waals surface area contributed by atoms with Crippen molar-refractivity contribution in [2.75, 3.05) is 12.4 Å². The van der Waals surface area contributed by atoms with Gasteiger partial charge < -0.3 is 29.0 Å². The molecule has 2 aromatic rings. The summed E-state index contributed by atoms with van der Waals surface area (Å²) in [5.41, 5.74) is 0.344. The number of hydrogen-bond acceptors (Lipinski definition) is 8. The fourth-order valence-electron chi connectivity index (χ4n) is 3.69. The lowest BCUT2D eigenvalue weighted by Crippen LogP contribution is -2.62. The van der Waals surface area contributed by atoms with E-state index in [0.717, 1.165) is 5.39 Å². The van der Waals surface area contributed by atoms with Crippen molar-refractivity contribution in [1.82, 2.24) is 4.98 Å². The fraction of sp³-hybridized carbons (Fsp3) is 0.421. The summed E-state index contributed by atoms with van der Waals surface area (Å²) in [7, 11) is 6.65. The van der Waals surface area contributed by atoms with Crippen LogP contribution in [0.3, 0.4) is 0 Å². The van der Waals surface area contributed by atoms with Crippen LogP contribution in [0.25, 0.3) is 10.9 Å². The highest BCUT2D eigenvalue weighted by molar-refractivity contribution is 6.60. The minimum atomic E-state index is -0.888. The van der Waals surface area contributed by atoms with Crippen LogP contribution in [-0.2, 0) is 18.9 Å². The first-order valence-corrected chi connectivity index (χ1v) is 8.97. The number of ether oxygens (including phenoxy) is 5. The summed E-state index contributed by atoms with van der Waals surface area (Å²) in [6.45, 7) is 3.66. The number of hydrogen-bond donors (Lipinski definition) is 1. The Bertz CT molecular complexity index is 967. The molecule has 29 heavy (non-hydrogen) atoms. The molecule has 2 saturated heterocycles. The SMILES string of the molecule is [B]C(=O)Nc1cnc2cc(O[C@@H]3OC(C)(C)[C@H](OC)[C@H]4OC(=O)O[C@@H]34)ccc2c1. The van der Waals surface area contributed by atoms with Gasteiger partial charge in [-0.3, -0.25) is 9.78 Å². The highest BCUT2D eigenvalue weighted by Gasteiger charge is 2.58. The van der Waals surface area contributed by atoms with Gasteiger partial charge in [-0.2, -0.15) is 0 Å². The molecule has 1 amide bonds. The molecule has 10 heteroatoms. The summed E-state index contributed by atoms with van der Waals surface area (Å²) in [6.07, 6.45) is -2.11. The standard InChI is InChI=1S/C19H19BN2O7/c1-19(2)15(25-3)13-14(28-18(24)27-13)16(29-19)26-11-5-4-9-6-10(22-17(20)23)8-21-12(9)7-11/h4-8,13-16H,1-3H3,(H,22,23)/t13-,14+,15+,16+/m0/s1. The molecule has 4 rings (SSSR count). The molecular weight excluding hydrogens is 379 g/mol. The molecule has 0 aliphatic carbocycles. The van der Waals surface area contributed by atoms with Crippen molar-refractivity contribution in [2.45, 2.75) is 44.1 Å². The maximum absolute atomic E-state index is 11.7. The van der Waals surface area contributed by atoms with Crippen LogP contribution < -0.4 is 10.1 Å². The summed E-state index contributed by atoms with van der Waals surface area (Å²) in [5.74, 6) is -0.195. The Balaban J connectivity index is 1.58. The third-order valence-corrected chi connectivity index (χ3v) is 4.89. The average Bonchev–Trinajstić information content (AvgIpc) is 3.02. The van der Waals surface area contributed by atoms with Crippen LogP contribution in [0.1, 0.15) is 13.8 Å². The molecule has 1 aromatic heterocycles. The number of carbonyl (C=O) groups is 2. The lowest BCUT2D eigenvalue weighted by molar-refractivity contribution is -0.282. The molecular formula is C19H19BN2O7. The van der Waals surface area contributed by atoms with Crippen molar-refractivity contribution in [3.8, 4) is 5.75 Å². The summed E-state index contributed by atoms with van der Waals surface area (Å²) in [6, 6.07) is 6.96. The van der Waals surface area contributed by atoms with Crippen LogP contribution in [0.15, 0.2) is 30.5 Å². The van der Waals surface area contributed by atoms with E-state index < -0.39 is 42.2 Å². The van der Waals surface area contributed by atoms with Crippen LogP contribution >= 0.6 is 0 Å². The van der Waals surface area contributed by atoms with Crippen LogP contribution in [0, 0.1) is 0 Å². The molecule has 0 unspecified atom stereocenters. The molecule has 0 bridgehead atoms. The number of nitrogens with one attached hydrogen (secondary N) is 1. The van der Waals surface area contributed by atoms with Gasteiger partial charge in [0.1, 0.15) is 11.9 Å². The zero-order chi connectivity index (χ0) is 20.8. The van der Waals surface area contributed by atoms with E-state index in [4.69, 9.17) is 31.5 Å². The van der Waals surface area contributed by atoms with E-state index in [1.54, 1.807) is 24.3 Å². The number of nitrogens with zero attached hydrogens (tertiary/aromatic N) is 1. The van der Waals surface area contributed by atoms with Gasteiger partial charge >= 0.3 is 6.16 Å². The van der Waals surface area contributed by atoms with E-state index in [2.05, 4.69) is 10.3 Å². The normalized spacial score (nSPS) is 27.6. The van der Waals surface area contributed by atoms with Crippen LogP contribution in [0.5, 0.6) is 5.75 Å². The number of fused-ring (bicyclic) bond motifs is 2. The molecule has 4 atom stereocenters. The predicted molar refractivity (Wildman–Crippen MR) is 102 cm³/mol. The molecule has 3 heterocycles. The first kappa shape index (κ1) is 19.5. The van der Waals surface area contributed by atoms with Gasteiger partial charge in [0, 0.05) is 18.6 Å². The molecule has 1 N–H and O–H groups in total. The first-order chi connectivity index (χ1) is 13.8. The number of benzene rings is 1. The van der Waals surface area contributed by atoms with E-state index in [-0.39, 0.29) is 0 Å². The second-order valence-electron chi connectivity index (χ2n) is 7.35. The van der Waals surface area contributed by atoms with Crippen molar-refractivity contribution < 1.29 is 33.3 Å². The zero-order valence-corrected chi connectivity index (χ0v) is 16.1. The summed E-state index contributed by atoms with van der Waals surface area (Å²) >= 11 is 0. The van der Waals surface area contributed by atoms with Gasteiger partial charge in [-0.05, 0) is 32.0 Å². The van der Waals surface area contributed by atoms with Gasteiger partial charge in [0.25, 0.3) is 0 Å².